The van der Waals surface area contributed by atoms with E-state index >= 15 is 0 Å². The summed E-state index contributed by atoms with van der Waals surface area (Å²) in [5.41, 5.74) is 3.59. The topological polar surface area (TPSA) is 25.8 Å². The van der Waals surface area contributed by atoms with Crippen LogP contribution in [0, 0.1) is 0 Å². The third-order valence-electron chi connectivity index (χ3n) is 2.87. The lowest BCUT2D eigenvalue weighted by molar-refractivity contribution is 0.670. The number of hydrogen-bond acceptors (Lipinski definition) is 2. The summed E-state index contributed by atoms with van der Waals surface area (Å²) in [6.45, 7) is 0. The van der Waals surface area contributed by atoms with E-state index in [1.54, 1.807) is 0 Å². The van der Waals surface area contributed by atoms with Gasteiger partial charge in [0.05, 0.1) is 0 Å². The molecule has 2 heterocycles. The van der Waals surface area contributed by atoms with Crippen LogP contribution in [0.4, 0.5) is 0 Å². The molecule has 2 aromatic rings. The molecule has 0 saturated carbocycles. The minimum atomic E-state index is 0.896. The third-order valence-corrected chi connectivity index (χ3v) is 2.87. The number of pyridine rings is 2. The number of nitrogens with zero attached hydrogens (tertiary/aromatic N) is 2. The fourth-order valence-corrected chi connectivity index (χ4v) is 2.13. The van der Waals surface area contributed by atoms with Crippen LogP contribution in [0.25, 0.3) is 11.0 Å². The monoisotopic (exact) mass is 184 g/mol. The van der Waals surface area contributed by atoms with Gasteiger partial charge in [-0.15, -0.1) is 0 Å². The lowest BCUT2D eigenvalue weighted by Crippen LogP contribution is -2.05. The molecule has 0 amide bonds. The zero-order valence-electron chi connectivity index (χ0n) is 8.03. The van der Waals surface area contributed by atoms with Crippen LogP contribution in [0.1, 0.15) is 24.1 Å². The van der Waals surface area contributed by atoms with Gasteiger partial charge >= 0.3 is 0 Å². The van der Waals surface area contributed by atoms with Gasteiger partial charge < -0.3 is 0 Å². The number of aromatic nitrogens is 2. The van der Waals surface area contributed by atoms with Gasteiger partial charge in [-0.3, -0.25) is 0 Å². The first-order chi connectivity index (χ1) is 6.93. The summed E-state index contributed by atoms with van der Waals surface area (Å²) in [6, 6.07) is 6.31. The molecular weight excluding hydrogens is 172 g/mol. The Kier molecular flexibility index (Phi) is 1.72. The van der Waals surface area contributed by atoms with Crippen molar-refractivity contribution in [3.63, 3.8) is 0 Å². The molecule has 2 aromatic heterocycles. The van der Waals surface area contributed by atoms with Crippen LogP contribution in [0.15, 0.2) is 24.4 Å². The maximum Gasteiger partial charge on any atom is 0.159 e. The van der Waals surface area contributed by atoms with Gasteiger partial charge in [0.2, 0.25) is 0 Å². The molecule has 14 heavy (non-hydrogen) atoms. The zero-order valence-corrected chi connectivity index (χ0v) is 8.03. The Balaban J connectivity index is 2.27. The van der Waals surface area contributed by atoms with Gasteiger partial charge in [0.15, 0.2) is 5.65 Å². The summed E-state index contributed by atoms with van der Waals surface area (Å²) in [5, 5.41) is 1.17. The predicted octanol–water partition coefficient (Wildman–Crippen LogP) is 2.51. The molecule has 0 saturated heterocycles. The lowest BCUT2D eigenvalue weighted by Gasteiger charge is -2.14. The second kappa shape index (κ2) is 3.05. The molecule has 0 bridgehead atoms. The maximum absolute atomic E-state index is 4.60. The summed E-state index contributed by atoms with van der Waals surface area (Å²) < 4.78 is 0. The van der Waals surface area contributed by atoms with Crippen LogP contribution in [0.3, 0.4) is 0 Å². The molecule has 0 aromatic carbocycles. The summed E-state index contributed by atoms with van der Waals surface area (Å²) in [6.07, 6.45) is 6.71. The van der Waals surface area contributed by atoms with E-state index in [9.17, 15) is 0 Å². The van der Waals surface area contributed by atoms with Crippen LogP contribution in [-0.2, 0) is 12.8 Å². The summed E-state index contributed by atoms with van der Waals surface area (Å²) >= 11 is 0. The van der Waals surface area contributed by atoms with Crippen molar-refractivity contribution in [2.24, 2.45) is 0 Å². The van der Waals surface area contributed by atoms with Gasteiger partial charge in [-0.1, -0.05) is 0 Å². The molecular formula is C12H12N2. The van der Waals surface area contributed by atoms with E-state index in [4.69, 9.17) is 0 Å². The van der Waals surface area contributed by atoms with Crippen LogP contribution in [-0.4, -0.2) is 9.97 Å². The predicted molar refractivity (Wildman–Crippen MR) is 56.2 cm³/mol. The fourth-order valence-electron chi connectivity index (χ4n) is 2.13. The highest BCUT2D eigenvalue weighted by molar-refractivity contribution is 5.75. The van der Waals surface area contributed by atoms with Crippen LogP contribution < -0.4 is 0 Å². The second-order valence-electron chi connectivity index (χ2n) is 3.85. The molecule has 1 aliphatic carbocycles. The van der Waals surface area contributed by atoms with E-state index in [1.165, 1.54) is 35.9 Å². The minimum Gasteiger partial charge on any atom is -0.237 e. The van der Waals surface area contributed by atoms with Gasteiger partial charge in [-0.2, -0.15) is 0 Å². The minimum absolute atomic E-state index is 0.896. The lowest BCUT2D eigenvalue weighted by atomic mass is 9.95. The van der Waals surface area contributed by atoms with Gasteiger partial charge in [0.25, 0.3) is 0 Å². The van der Waals surface area contributed by atoms with Crippen LogP contribution >= 0.6 is 0 Å². The van der Waals surface area contributed by atoms with Crippen LogP contribution in [0.5, 0.6) is 0 Å². The largest absolute Gasteiger partial charge is 0.237 e. The first kappa shape index (κ1) is 7.92. The summed E-state index contributed by atoms with van der Waals surface area (Å²) in [7, 11) is 0. The van der Waals surface area contributed by atoms with Gasteiger partial charge in [-0.25, -0.2) is 9.97 Å². The summed E-state index contributed by atoms with van der Waals surface area (Å²) in [4.78, 5) is 8.88. The summed E-state index contributed by atoms with van der Waals surface area (Å²) in [5.74, 6) is 0. The highest BCUT2D eigenvalue weighted by Gasteiger charge is 2.11. The molecule has 0 N–H and O–H groups in total. The molecule has 0 atom stereocenters. The number of fused-ring (bicyclic) bond motifs is 2. The molecule has 70 valence electrons. The second-order valence-corrected chi connectivity index (χ2v) is 3.85. The van der Waals surface area contributed by atoms with Crippen molar-refractivity contribution in [1.82, 2.24) is 9.97 Å². The Morgan fingerprint density at radius 2 is 2.07 bits per heavy atom. The van der Waals surface area contributed by atoms with Crippen molar-refractivity contribution < 1.29 is 0 Å². The Labute approximate surface area is 83.0 Å². The number of aryl methyl sites for hydroxylation is 2. The quantitative estimate of drug-likeness (QED) is 0.628. The SMILES string of the molecule is c1cnc2nc3c(cc2c1)CCCC3. The third kappa shape index (κ3) is 1.18. The zero-order chi connectivity index (χ0) is 9.38. The fraction of sp³-hybridized carbons (Fsp3) is 0.333. The smallest absolute Gasteiger partial charge is 0.159 e. The molecule has 0 spiro atoms. The van der Waals surface area contributed by atoms with Gasteiger partial charge in [0.1, 0.15) is 0 Å². The van der Waals surface area contributed by atoms with Crippen molar-refractivity contribution in [2.75, 3.05) is 0 Å². The normalized spacial score (nSPS) is 15.4. The van der Waals surface area contributed by atoms with E-state index in [-0.39, 0.29) is 0 Å². The standard InChI is InChI=1S/C12H12N2/c1-2-6-11-9(4-1)8-10-5-3-7-13-12(10)14-11/h3,5,7-8H,1-2,4,6H2. The Morgan fingerprint density at radius 1 is 1.14 bits per heavy atom. The average Bonchev–Trinajstić information content (AvgIpc) is 2.26. The molecule has 2 heteroatoms. The molecule has 1 aliphatic rings. The molecule has 0 radical (unpaired) electrons. The maximum atomic E-state index is 4.60. The first-order valence-corrected chi connectivity index (χ1v) is 5.17. The van der Waals surface area contributed by atoms with E-state index in [2.05, 4.69) is 22.1 Å². The van der Waals surface area contributed by atoms with E-state index in [0.717, 1.165) is 12.1 Å². The number of hydrogen-bond donors (Lipinski definition) is 0. The highest BCUT2D eigenvalue weighted by atomic mass is 14.8. The Bertz CT molecular complexity index is 432. The van der Waals surface area contributed by atoms with E-state index in [1.807, 2.05) is 12.3 Å². The van der Waals surface area contributed by atoms with Crippen molar-refractivity contribution in [3.8, 4) is 0 Å². The van der Waals surface area contributed by atoms with Crippen molar-refractivity contribution in [2.45, 2.75) is 25.7 Å². The van der Waals surface area contributed by atoms with Gasteiger partial charge in [-0.05, 0) is 49.4 Å². The van der Waals surface area contributed by atoms with E-state index < -0.39 is 0 Å². The Hall–Kier alpha value is -1.44. The van der Waals surface area contributed by atoms with Crippen molar-refractivity contribution in [3.05, 3.63) is 35.7 Å². The van der Waals surface area contributed by atoms with E-state index in [0.29, 0.717) is 0 Å². The van der Waals surface area contributed by atoms with Crippen LogP contribution in [0.2, 0.25) is 0 Å². The molecule has 2 nitrogen and oxygen atoms in total. The average molecular weight is 184 g/mol. The molecule has 0 fully saturated rings. The first-order valence-electron chi connectivity index (χ1n) is 5.17. The highest BCUT2D eigenvalue weighted by Crippen LogP contribution is 2.22. The molecule has 0 unspecified atom stereocenters. The van der Waals surface area contributed by atoms with Crippen molar-refractivity contribution >= 4 is 11.0 Å². The van der Waals surface area contributed by atoms with Gasteiger partial charge in [0, 0.05) is 17.3 Å². The van der Waals surface area contributed by atoms with Crippen molar-refractivity contribution in [1.29, 1.82) is 0 Å². The Morgan fingerprint density at radius 3 is 3.07 bits per heavy atom. The molecule has 0 aliphatic heterocycles. The number of rotatable bonds is 0. The molecule has 3 rings (SSSR count).